The van der Waals surface area contributed by atoms with Gasteiger partial charge in [0.1, 0.15) is 23.0 Å². The van der Waals surface area contributed by atoms with E-state index in [1.54, 1.807) is 13.1 Å². The van der Waals surface area contributed by atoms with E-state index in [-0.39, 0.29) is 11.4 Å². The van der Waals surface area contributed by atoms with Crippen LogP contribution in [0.2, 0.25) is 0 Å². The van der Waals surface area contributed by atoms with E-state index in [4.69, 9.17) is 5.73 Å². The van der Waals surface area contributed by atoms with E-state index in [2.05, 4.69) is 25.3 Å². The van der Waals surface area contributed by atoms with Gasteiger partial charge < -0.3 is 16.0 Å². The molecule has 8 heteroatoms. The van der Waals surface area contributed by atoms with E-state index in [0.717, 1.165) is 0 Å². The number of nitrogen functional groups attached to an aromatic ring is 1. The first-order valence-corrected chi connectivity index (χ1v) is 5.53. The second kappa shape index (κ2) is 4.83. The predicted octanol–water partition coefficient (Wildman–Crippen LogP) is 0.335. The van der Waals surface area contributed by atoms with Crippen LogP contribution in [0.4, 0.5) is 11.6 Å². The van der Waals surface area contributed by atoms with Crippen molar-refractivity contribution >= 4 is 23.4 Å². The molecule has 7 nitrogen and oxygen atoms in total. The number of hydrogen-bond donors (Lipinski definition) is 3. The summed E-state index contributed by atoms with van der Waals surface area (Å²) in [6.45, 7) is 0. The van der Waals surface area contributed by atoms with E-state index in [1.165, 1.54) is 24.2 Å². The van der Waals surface area contributed by atoms with Gasteiger partial charge in [-0.1, -0.05) is 0 Å². The lowest BCUT2D eigenvalue weighted by Gasteiger charge is -2.02. The van der Waals surface area contributed by atoms with Crippen LogP contribution in [-0.4, -0.2) is 27.0 Å². The molecule has 0 amide bonds. The fraction of sp³-hybridized carbons (Fsp3) is 0.111. The van der Waals surface area contributed by atoms with Crippen LogP contribution < -0.4 is 16.6 Å². The van der Waals surface area contributed by atoms with Crippen molar-refractivity contribution in [2.75, 3.05) is 18.1 Å². The molecular weight excluding hydrogens is 240 g/mol. The Kier molecular flexibility index (Phi) is 3.24. The molecule has 2 heterocycles. The summed E-state index contributed by atoms with van der Waals surface area (Å²) in [5.74, 6) is 0.868. The Morgan fingerprint density at radius 3 is 2.94 bits per heavy atom. The maximum Gasteiger partial charge on any atom is 0.253 e. The van der Waals surface area contributed by atoms with Crippen LogP contribution in [0.1, 0.15) is 0 Å². The van der Waals surface area contributed by atoms with Gasteiger partial charge in [-0.05, 0) is 11.8 Å². The molecule has 0 radical (unpaired) electrons. The van der Waals surface area contributed by atoms with Gasteiger partial charge >= 0.3 is 0 Å². The van der Waals surface area contributed by atoms with E-state index in [9.17, 15) is 4.79 Å². The molecule has 0 aliphatic heterocycles. The standard InChI is InChI=1S/C9H10N6OS/c1-11-6-3-8(13-4-12-6)17-9-14-5(10)2-7(16)15-9/h2-4H,1H3,(H,11,12,13)(H3,10,14,15,16). The second-order valence-corrected chi connectivity index (χ2v) is 4.08. The molecule has 2 rings (SSSR count). The first kappa shape index (κ1) is 11.4. The minimum absolute atomic E-state index is 0.180. The summed E-state index contributed by atoms with van der Waals surface area (Å²) < 4.78 is 0. The molecule has 0 aliphatic carbocycles. The van der Waals surface area contributed by atoms with Gasteiger partial charge in [0.25, 0.3) is 5.56 Å². The topological polar surface area (TPSA) is 110 Å². The maximum atomic E-state index is 11.2. The first-order chi connectivity index (χ1) is 8.17. The molecule has 0 atom stereocenters. The lowest BCUT2D eigenvalue weighted by molar-refractivity contribution is 0.937. The average Bonchev–Trinajstić information content (AvgIpc) is 2.28. The summed E-state index contributed by atoms with van der Waals surface area (Å²) in [6.07, 6.45) is 1.43. The maximum absolute atomic E-state index is 11.2. The number of aromatic nitrogens is 4. The molecule has 0 saturated heterocycles. The van der Waals surface area contributed by atoms with Crippen LogP contribution >= 0.6 is 11.8 Å². The molecule has 88 valence electrons. The zero-order valence-electron chi connectivity index (χ0n) is 8.97. The van der Waals surface area contributed by atoms with Crippen molar-refractivity contribution in [2.45, 2.75) is 10.2 Å². The number of rotatable bonds is 3. The number of aromatic amines is 1. The highest BCUT2D eigenvalue weighted by molar-refractivity contribution is 7.99. The summed E-state index contributed by atoms with van der Waals surface area (Å²) in [5, 5.41) is 3.96. The molecule has 0 saturated carbocycles. The Morgan fingerprint density at radius 1 is 1.41 bits per heavy atom. The third-order valence-corrected chi connectivity index (χ3v) is 2.66. The first-order valence-electron chi connectivity index (χ1n) is 4.72. The third-order valence-electron chi connectivity index (χ3n) is 1.84. The Bertz CT molecular complexity index is 584. The molecular formula is C9H10N6OS. The van der Waals surface area contributed by atoms with Gasteiger partial charge in [-0.25, -0.2) is 15.0 Å². The van der Waals surface area contributed by atoms with Gasteiger partial charge in [0.15, 0.2) is 5.16 Å². The van der Waals surface area contributed by atoms with Crippen LogP contribution in [0.5, 0.6) is 0 Å². The quantitative estimate of drug-likeness (QED) is 0.532. The number of nitrogens with two attached hydrogens (primary N) is 1. The van der Waals surface area contributed by atoms with E-state index < -0.39 is 0 Å². The van der Waals surface area contributed by atoms with Gasteiger partial charge in [0.2, 0.25) is 0 Å². The van der Waals surface area contributed by atoms with Crippen molar-refractivity contribution in [3.63, 3.8) is 0 Å². The zero-order chi connectivity index (χ0) is 12.3. The van der Waals surface area contributed by atoms with Gasteiger partial charge in [-0.3, -0.25) is 4.79 Å². The van der Waals surface area contributed by atoms with Crippen molar-refractivity contribution in [1.29, 1.82) is 0 Å². The van der Waals surface area contributed by atoms with Crippen molar-refractivity contribution < 1.29 is 0 Å². The lowest BCUT2D eigenvalue weighted by atomic mass is 10.6. The fourth-order valence-corrected chi connectivity index (χ4v) is 1.90. The minimum atomic E-state index is -0.289. The molecule has 2 aromatic heterocycles. The van der Waals surface area contributed by atoms with Crippen molar-refractivity contribution in [3.05, 3.63) is 28.8 Å². The van der Waals surface area contributed by atoms with Crippen LogP contribution in [0.3, 0.4) is 0 Å². The van der Waals surface area contributed by atoms with Gasteiger partial charge in [0, 0.05) is 19.2 Å². The Balaban J connectivity index is 2.27. The fourth-order valence-electron chi connectivity index (χ4n) is 1.13. The number of nitrogens with one attached hydrogen (secondary N) is 2. The lowest BCUT2D eigenvalue weighted by Crippen LogP contribution is -2.09. The molecule has 0 spiro atoms. The molecule has 4 N–H and O–H groups in total. The van der Waals surface area contributed by atoms with Crippen molar-refractivity contribution in [3.8, 4) is 0 Å². The van der Waals surface area contributed by atoms with Crippen LogP contribution in [-0.2, 0) is 0 Å². The molecule has 0 aromatic carbocycles. The summed E-state index contributed by atoms with van der Waals surface area (Å²) in [7, 11) is 1.76. The van der Waals surface area contributed by atoms with Crippen LogP contribution in [0.25, 0.3) is 0 Å². The summed E-state index contributed by atoms with van der Waals surface area (Å²) in [4.78, 5) is 25.8. The average molecular weight is 250 g/mol. The van der Waals surface area contributed by atoms with Gasteiger partial charge in [-0.15, -0.1) is 0 Å². The van der Waals surface area contributed by atoms with Gasteiger partial charge in [-0.2, -0.15) is 0 Å². The van der Waals surface area contributed by atoms with Crippen LogP contribution in [0.15, 0.2) is 33.4 Å². The van der Waals surface area contributed by atoms with Gasteiger partial charge in [0.05, 0.1) is 0 Å². The predicted molar refractivity (Wildman–Crippen MR) is 65.0 cm³/mol. The summed E-state index contributed by atoms with van der Waals surface area (Å²) in [6, 6.07) is 2.97. The summed E-state index contributed by atoms with van der Waals surface area (Å²) in [5.41, 5.74) is 5.19. The highest BCUT2D eigenvalue weighted by Crippen LogP contribution is 2.22. The number of anilines is 2. The van der Waals surface area contributed by atoms with E-state index in [0.29, 0.717) is 16.0 Å². The Morgan fingerprint density at radius 2 is 2.24 bits per heavy atom. The SMILES string of the molecule is CNc1cc(Sc2nc(N)cc(=O)[nH]2)ncn1. The monoisotopic (exact) mass is 250 g/mol. The smallest absolute Gasteiger partial charge is 0.253 e. The minimum Gasteiger partial charge on any atom is -0.383 e. The third kappa shape index (κ3) is 2.94. The Labute approximate surface area is 101 Å². The molecule has 0 fully saturated rings. The van der Waals surface area contributed by atoms with E-state index in [1.807, 2.05) is 0 Å². The second-order valence-electron chi connectivity index (χ2n) is 3.07. The molecule has 2 aromatic rings. The largest absolute Gasteiger partial charge is 0.383 e. The number of H-pyrrole nitrogens is 1. The Hall–Kier alpha value is -2.09. The summed E-state index contributed by atoms with van der Waals surface area (Å²) >= 11 is 1.21. The molecule has 17 heavy (non-hydrogen) atoms. The highest BCUT2D eigenvalue weighted by atomic mass is 32.2. The van der Waals surface area contributed by atoms with Crippen LogP contribution in [0, 0.1) is 0 Å². The normalized spacial score (nSPS) is 10.2. The number of hydrogen-bond acceptors (Lipinski definition) is 7. The van der Waals surface area contributed by atoms with E-state index >= 15 is 0 Å². The molecule has 0 bridgehead atoms. The van der Waals surface area contributed by atoms with Crippen molar-refractivity contribution in [1.82, 2.24) is 19.9 Å². The number of nitrogens with zero attached hydrogens (tertiary/aromatic N) is 3. The molecule has 0 unspecified atom stereocenters. The zero-order valence-corrected chi connectivity index (χ0v) is 9.78. The molecule has 0 aliphatic rings. The van der Waals surface area contributed by atoms with Crippen molar-refractivity contribution in [2.24, 2.45) is 0 Å². The highest BCUT2D eigenvalue weighted by Gasteiger charge is 2.04.